The Balaban J connectivity index is 0. The number of carbonyl (C=O) groups is 1. The molecule has 0 aliphatic carbocycles. The Kier molecular flexibility index (Phi) is 8.79. The van der Waals surface area contributed by atoms with Crippen molar-refractivity contribution in [1.29, 1.82) is 0 Å². The molecule has 0 saturated carbocycles. The Morgan fingerprint density at radius 1 is 1.50 bits per heavy atom. The summed E-state index contributed by atoms with van der Waals surface area (Å²) in [5.41, 5.74) is 0.220. The monoisotopic (exact) mass is 292 g/mol. The minimum atomic E-state index is -1.75. The van der Waals surface area contributed by atoms with Crippen LogP contribution in [0.3, 0.4) is 0 Å². The number of carboxylic acids is 1. The maximum absolute atomic E-state index is 10.2. The molecular formula is C6H5AgN2O5. The van der Waals surface area contributed by atoms with Gasteiger partial charge in [-0.15, -0.1) is 0 Å². The van der Waals surface area contributed by atoms with Crippen LogP contribution in [0.5, 0.6) is 0 Å². The van der Waals surface area contributed by atoms with Gasteiger partial charge in [-0.2, -0.15) is 0 Å². The third kappa shape index (κ3) is 8.65. The number of aromatic carboxylic acids is 1. The van der Waals surface area contributed by atoms with Gasteiger partial charge in [0.15, 0.2) is 0 Å². The van der Waals surface area contributed by atoms with Crippen molar-refractivity contribution in [2.24, 2.45) is 0 Å². The van der Waals surface area contributed by atoms with E-state index in [1.54, 1.807) is 6.07 Å². The van der Waals surface area contributed by atoms with E-state index in [0.717, 1.165) is 0 Å². The van der Waals surface area contributed by atoms with E-state index in [4.69, 9.17) is 20.4 Å². The van der Waals surface area contributed by atoms with E-state index in [9.17, 15) is 4.79 Å². The molecule has 1 aromatic heterocycles. The Morgan fingerprint density at radius 3 is 2.21 bits per heavy atom. The van der Waals surface area contributed by atoms with Gasteiger partial charge >= 0.3 is 28.3 Å². The quantitative estimate of drug-likeness (QED) is 0.459. The van der Waals surface area contributed by atoms with Crippen molar-refractivity contribution in [1.82, 2.24) is 4.98 Å². The van der Waals surface area contributed by atoms with Gasteiger partial charge in [0.2, 0.25) is 0 Å². The molecule has 0 aliphatic heterocycles. The first-order valence-electron chi connectivity index (χ1n) is 2.99. The second-order valence-corrected chi connectivity index (χ2v) is 1.77. The van der Waals surface area contributed by atoms with Gasteiger partial charge in [0.05, 0.1) is 10.7 Å². The van der Waals surface area contributed by atoms with Crippen molar-refractivity contribution in [2.75, 3.05) is 0 Å². The van der Waals surface area contributed by atoms with E-state index in [1.165, 1.54) is 18.5 Å². The summed E-state index contributed by atoms with van der Waals surface area (Å²) in [4.78, 5) is 22.0. The van der Waals surface area contributed by atoms with Gasteiger partial charge in [0, 0.05) is 12.4 Å². The van der Waals surface area contributed by atoms with Gasteiger partial charge < -0.3 is 20.4 Å². The van der Waals surface area contributed by atoms with Gasteiger partial charge in [-0.25, -0.2) is 4.79 Å². The fraction of sp³-hybridized carbons (Fsp3) is 0. The average Bonchev–Trinajstić information content (AvgIpc) is 2.05. The first-order chi connectivity index (χ1) is 6.04. The van der Waals surface area contributed by atoms with Gasteiger partial charge in [-0.05, 0) is 12.1 Å². The van der Waals surface area contributed by atoms with Crippen LogP contribution < -0.4 is 0 Å². The summed E-state index contributed by atoms with van der Waals surface area (Å²) in [5, 5.41) is 23.1. The molecule has 0 fully saturated rings. The van der Waals surface area contributed by atoms with E-state index >= 15 is 0 Å². The SMILES string of the molecule is O=C(O)c1cccnc1.O=[N+]([O-])[O-].[Ag+]. The zero-order valence-corrected chi connectivity index (χ0v) is 8.07. The van der Waals surface area contributed by atoms with E-state index < -0.39 is 11.1 Å². The summed E-state index contributed by atoms with van der Waals surface area (Å²) in [6.45, 7) is 0. The zero-order chi connectivity index (χ0) is 10.3. The molecule has 8 heteroatoms. The Bertz CT molecular complexity index is 288. The number of nitrogens with zero attached hydrogens (tertiary/aromatic N) is 2. The molecular weight excluding hydrogens is 288 g/mol. The third-order valence-corrected chi connectivity index (χ3v) is 0.908. The molecule has 80 valence electrons. The fourth-order valence-corrected chi connectivity index (χ4v) is 0.489. The van der Waals surface area contributed by atoms with Crippen molar-refractivity contribution in [3.8, 4) is 0 Å². The van der Waals surface area contributed by atoms with Crippen molar-refractivity contribution in [2.45, 2.75) is 0 Å². The molecule has 0 amide bonds. The molecule has 0 saturated heterocycles. The van der Waals surface area contributed by atoms with Crippen LogP contribution in [0.2, 0.25) is 0 Å². The number of rotatable bonds is 1. The maximum atomic E-state index is 10.2. The zero-order valence-electron chi connectivity index (χ0n) is 6.59. The predicted octanol–water partition coefficient (Wildman–Crippen LogP) is 0.538. The first kappa shape index (κ1) is 15.1. The first-order valence-corrected chi connectivity index (χ1v) is 2.99. The minimum absolute atomic E-state index is 0. The smallest absolute Gasteiger partial charge is 0.478 e. The summed E-state index contributed by atoms with van der Waals surface area (Å²) < 4.78 is 0. The second-order valence-electron chi connectivity index (χ2n) is 1.77. The molecule has 0 unspecified atom stereocenters. The Morgan fingerprint density at radius 2 is 2.00 bits per heavy atom. The molecule has 0 spiro atoms. The summed E-state index contributed by atoms with van der Waals surface area (Å²) in [6.07, 6.45) is 2.84. The largest absolute Gasteiger partial charge is 1.00 e. The summed E-state index contributed by atoms with van der Waals surface area (Å²) in [7, 11) is 0. The molecule has 1 aromatic rings. The van der Waals surface area contributed by atoms with Crippen molar-refractivity contribution < 1.29 is 37.4 Å². The van der Waals surface area contributed by atoms with Crippen LogP contribution in [-0.4, -0.2) is 21.1 Å². The minimum Gasteiger partial charge on any atom is -0.478 e. The predicted molar refractivity (Wildman–Crippen MR) is 41.6 cm³/mol. The molecule has 0 aromatic carbocycles. The van der Waals surface area contributed by atoms with Gasteiger partial charge in [-0.3, -0.25) is 4.98 Å². The Hall–Kier alpha value is -1.44. The van der Waals surface area contributed by atoms with E-state index in [-0.39, 0.29) is 27.9 Å². The van der Waals surface area contributed by atoms with Crippen molar-refractivity contribution in [3.63, 3.8) is 0 Å². The van der Waals surface area contributed by atoms with Crippen molar-refractivity contribution in [3.05, 3.63) is 45.4 Å². The normalized spacial score (nSPS) is 7.43. The number of carboxylic acid groups (broad SMARTS) is 1. The van der Waals surface area contributed by atoms with Gasteiger partial charge in [0.1, 0.15) is 0 Å². The molecule has 0 aliphatic rings. The van der Waals surface area contributed by atoms with Gasteiger partial charge in [0.25, 0.3) is 0 Å². The maximum Gasteiger partial charge on any atom is 1.00 e. The van der Waals surface area contributed by atoms with Crippen LogP contribution in [0.15, 0.2) is 24.5 Å². The van der Waals surface area contributed by atoms with E-state index in [2.05, 4.69) is 4.98 Å². The second kappa shape index (κ2) is 8.17. The molecule has 1 heterocycles. The fourth-order valence-electron chi connectivity index (χ4n) is 0.489. The van der Waals surface area contributed by atoms with Crippen molar-refractivity contribution >= 4 is 5.97 Å². The third-order valence-electron chi connectivity index (χ3n) is 0.908. The number of aromatic nitrogens is 1. The van der Waals surface area contributed by atoms with Gasteiger partial charge in [-0.1, -0.05) is 0 Å². The van der Waals surface area contributed by atoms with Crippen LogP contribution in [0.25, 0.3) is 0 Å². The van der Waals surface area contributed by atoms with Crippen LogP contribution in [0.4, 0.5) is 0 Å². The van der Waals surface area contributed by atoms with Crippen LogP contribution in [0.1, 0.15) is 10.4 Å². The molecule has 1 rings (SSSR count). The average molecular weight is 293 g/mol. The Labute approximate surface area is 94.0 Å². The van der Waals surface area contributed by atoms with Crippen LogP contribution in [-0.2, 0) is 22.4 Å². The standard InChI is InChI=1S/C6H5NO2.Ag.NO3/c8-6(9)5-2-1-3-7-4-5;;2-1(3)4/h1-4H,(H,8,9);;/q;+1;-1. The number of pyridine rings is 1. The van der Waals surface area contributed by atoms with Crippen LogP contribution >= 0.6 is 0 Å². The van der Waals surface area contributed by atoms with E-state index in [0.29, 0.717) is 0 Å². The molecule has 0 atom stereocenters. The summed E-state index contributed by atoms with van der Waals surface area (Å²) in [6, 6.07) is 3.08. The molecule has 0 bridgehead atoms. The summed E-state index contributed by atoms with van der Waals surface area (Å²) >= 11 is 0. The number of hydrogen-bond donors (Lipinski definition) is 1. The topological polar surface area (TPSA) is 116 Å². The number of hydrogen-bond acceptors (Lipinski definition) is 5. The van der Waals surface area contributed by atoms with Crippen LogP contribution in [0, 0.1) is 15.3 Å². The molecule has 0 radical (unpaired) electrons. The van der Waals surface area contributed by atoms with E-state index in [1.807, 2.05) is 0 Å². The molecule has 14 heavy (non-hydrogen) atoms. The molecule has 1 N–H and O–H groups in total. The molecule has 7 nitrogen and oxygen atoms in total. The summed E-state index contributed by atoms with van der Waals surface area (Å²) in [5.74, 6) is -0.942.